The lowest BCUT2D eigenvalue weighted by molar-refractivity contribution is 0.239. The Hall–Kier alpha value is -5.01. The van der Waals surface area contributed by atoms with Crippen LogP contribution in [0.4, 0.5) is 0 Å². The van der Waals surface area contributed by atoms with Gasteiger partial charge >= 0.3 is 5.69 Å². The summed E-state index contributed by atoms with van der Waals surface area (Å²) in [6, 6.07) is 33.1. The molecule has 0 amide bonds. The Morgan fingerprint density at radius 3 is 2.02 bits per heavy atom. The second-order valence-electron chi connectivity index (χ2n) is 9.98. The van der Waals surface area contributed by atoms with E-state index in [4.69, 9.17) is 9.47 Å². The van der Waals surface area contributed by atoms with Crippen LogP contribution in [0.3, 0.4) is 0 Å². The number of H-pyrrole nitrogens is 1. The molecule has 0 aliphatic carbocycles. The van der Waals surface area contributed by atoms with Gasteiger partial charge in [0.25, 0.3) is 0 Å². The van der Waals surface area contributed by atoms with Gasteiger partial charge in [0.05, 0.1) is 11.4 Å². The molecule has 41 heavy (non-hydrogen) atoms. The third-order valence-electron chi connectivity index (χ3n) is 7.17. The average Bonchev–Trinajstić information content (AvgIpc) is 3.61. The van der Waals surface area contributed by atoms with Gasteiger partial charge in [-0.2, -0.15) is 0 Å². The molecule has 7 nitrogen and oxygen atoms in total. The van der Waals surface area contributed by atoms with Crippen LogP contribution in [-0.2, 0) is 6.42 Å². The molecule has 6 aromatic rings. The van der Waals surface area contributed by atoms with Crippen molar-refractivity contribution in [1.29, 1.82) is 0 Å². The predicted molar refractivity (Wildman–Crippen MR) is 163 cm³/mol. The van der Waals surface area contributed by atoms with Crippen LogP contribution in [0, 0.1) is 0 Å². The number of hydrogen-bond acceptors (Lipinski definition) is 4. The molecule has 2 aromatic heterocycles. The van der Waals surface area contributed by atoms with Gasteiger partial charge in [0.1, 0.15) is 23.9 Å². The van der Waals surface area contributed by atoms with Crippen molar-refractivity contribution < 1.29 is 9.47 Å². The van der Waals surface area contributed by atoms with Gasteiger partial charge < -0.3 is 19.4 Å². The number of aromatic nitrogens is 3. The molecule has 0 atom stereocenters. The van der Waals surface area contributed by atoms with Crippen molar-refractivity contribution in [2.45, 2.75) is 6.42 Å². The molecule has 6 rings (SSSR count). The molecule has 7 heteroatoms. The number of benzene rings is 4. The SMILES string of the molecule is CN(CCOc1ccc(-n2ccn(-c3ccc(Oc4ccccc4)cc3)c2=O)cc1)CCc1c[nH]c2ccccc12. The van der Waals surface area contributed by atoms with Gasteiger partial charge in [-0.3, -0.25) is 9.13 Å². The topological polar surface area (TPSA) is 64.4 Å². The summed E-state index contributed by atoms with van der Waals surface area (Å²) < 4.78 is 15.1. The summed E-state index contributed by atoms with van der Waals surface area (Å²) in [6.45, 7) is 2.36. The average molecular weight is 545 g/mol. The Morgan fingerprint density at radius 1 is 0.707 bits per heavy atom. The molecule has 0 fully saturated rings. The largest absolute Gasteiger partial charge is 0.492 e. The molecule has 0 spiro atoms. The van der Waals surface area contributed by atoms with Crippen molar-refractivity contribution in [1.82, 2.24) is 19.0 Å². The lowest BCUT2D eigenvalue weighted by Crippen LogP contribution is -2.26. The summed E-state index contributed by atoms with van der Waals surface area (Å²) in [4.78, 5) is 18.8. The van der Waals surface area contributed by atoms with Gasteiger partial charge in [-0.05, 0) is 85.8 Å². The van der Waals surface area contributed by atoms with Crippen LogP contribution < -0.4 is 15.2 Å². The molecular weight excluding hydrogens is 512 g/mol. The van der Waals surface area contributed by atoms with Gasteiger partial charge in [-0.25, -0.2) is 4.79 Å². The summed E-state index contributed by atoms with van der Waals surface area (Å²) in [6.07, 6.45) is 6.63. The van der Waals surface area contributed by atoms with E-state index < -0.39 is 0 Å². The summed E-state index contributed by atoms with van der Waals surface area (Å²) in [7, 11) is 2.11. The van der Waals surface area contributed by atoms with E-state index >= 15 is 0 Å². The maximum absolute atomic E-state index is 13.2. The number of likely N-dealkylation sites (N-methyl/N-ethyl adjacent to an activating group) is 1. The maximum atomic E-state index is 13.2. The summed E-state index contributed by atoms with van der Waals surface area (Å²) in [5, 5.41) is 1.29. The van der Waals surface area contributed by atoms with Crippen molar-refractivity contribution in [3.8, 4) is 28.6 Å². The Kier molecular flexibility index (Phi) is 7.69. The first-order chi connectivity index (χ1) is 20.1. The van der Waals surface area contributed by atoms with E-state index in [9.17, 15) is 4.79 Å². The summed E-state index contributed by atoms with van der Waals surface area (Å²) >= 11 is 0. The first-order valence-corrected chi connectivity index (χ1v) is 13.7. The van der Waals surface area contributed by atoms with Crippen LogP contribution >= 0.6 is 0 Å². The minimum atomic E-state index is -0.146. The second-order valence-corrected chi connectivity index (χ2v) is 9.98. The van der Waals surface area contributed by atoms with E-state index in [2.05, 4.69) is 47.4 Å². The molecule has 0 radical (unpaired) electrons. The molecule has 0 aliphatic heterocycles. The molecule has 0 saturated carbocycles. The fourth-order valence-electron chi connectivity index (χ4n) is 4.85. The predicted octanol–water partition coefficient (Wildman–Crippen LogP) is 6.46. The lowest BCUT2D eigenvalue weighted by atomic mass is 10.1. The van der Waals surface area contributed by atoms with Crippen molar-refractivity contribution in [2.24, 2.45) is 0 Å². The van der Waals surface area contributed by atoms with Crippen LogP contribution in [0.25, 0.3) is 22.3 Å². The Balaban J connectivity index is 1.01. The number of aromatic amines is 1. The van der Waals surface area contributed by atoms with Crippen LogP contribution in [0.15, 0.2) is 127 Å². The highest BCUT2D eigenvalue weighted by Crippen LogP contribution is 2.22. The number of nitrogens with one attached hydrogen (secondary N) is 1. The number of nitrogens with zero attached hydrogens (tertiary/aromatic N) is 3. The molecule has 0 unspecified atom stereocenters. The van der Waals surface area contributed by atoms with Crippen LogP contribution in [0.1, 0.15) is 5.56 Å². The third-order valence-corrected chi connectivity index (χ3v) is 7.17. The Bertz CT molecular complexity index is 1770. The smallest absolute Gasteiger partial charge is 0.337 e. The van der Waals surface area contributed by atoms with Crippen molar-refractivity contribution in [3.63, 3.8) is 0 Å². The fraction of sp³-hybridized carbons (Fsp3) is 0.147. The fourth-order valence-corrected chi connectivity index (χ4v) is 4.85. The van der Waals surface area contributed by atoms with E-state index in [1.54, 1.807) is 21.5 Å². The monoisotopic (exact) mass is 544 g/mol. The van der Waals surface area contributed by atoms with E-state index in [0.29, 0.717) is 12.4 Å². The molecule has 206 valence electrons. The van der Waals surface area contributed by atoms with Crippen molar-refractivity contribution in [3.05, 3.63) is 138 Å². The van der Waals surface area contributed by atoms with E-state index in [1.165, 1.54) is 16.5 Å². The van der Waals surface area contributed by atoms with Gasteiger partial charge in [0, 0.05) is 42.6 Å². The number of rotatable bonds is 11. The Labute approximate surface area is 238 Å². The second kappa shape index (κ2) is 12.0. The molecule has 0 saturated heterocycles. The zero-order valence-corrected chi connectivity index (χ0v) is 22.9. The van der Waals surface area contributed by atoms with E-state index in [1.807, 2.05) is 78.9 Å². The van der Waals surface area contributed by atoms with Crippen LogP contribution in [0.2, 0.25) is 0 Å². The molecule has 1 N–H and O–H groups in total. The number of para-hydroxylation sites is 2. The molecule has 2 heterocycles. The molecular formula is C34H32N4O3. The minimum absolute atomic E-state index is 0.146. The quantitative estimate of drug-likeness (QED) is 0.203. The summed E-state index contributed by atoms with van der Waals surface area (Å²) in [5.41, 5.74) is 3.91. The molecule has 0 bridgehead atoms. The van der Waals surface area contributed by atoms with Crippen LogP contribution in [-0.4, -0.2) is 45.8 Å². The Morgan fingerprint density at radius 2 is 1.32 bits per heavy atom. The zero-order chi connectivity index (χ0) is 28.0. The van der Waals surface area contributed by atoms with Gasteiger partial charge in [-0.1, -0.05) is 36.4 Å². The maximum Gasteiger partial charge on any atom is 0.337 e. The van der Waals surface area contributed by atoms with Gasteiger partial charge in [0.15, 0.2) is 0 Å². The lowest BCUT2D eigenvalue weighted by Gasteiger charge is -2.17. The summed E-state index contributed by atoms with van der Waals surface area (Å²) in [5.74, 6) is 2.26. The standard InChI is InChI=1S/C34H32N4O3/c1-36(20-19-26-25-35-33-10-6-5-9-32(26)33)23-24-40-29-15-11-27(12-16-29)37-21-22-38(34(37)39)28-13-17-31(18-14-28)41-30-7-3-2-4-8-30/h2-18,21-22,25,35H,19-20,23-24H2,1H3. The van der Waals surface area contributed by atoms with E-state index in [-0.39, 0.29) is 5.69 Å². The molecule has 4 aromatic carbocycles. The molecule has 0 aliphatic rings. The van der Waals surface area contributed by atoms with Crippen LogP contribution in [0.5, 0.6) is 17.2 Å². The number of ether oxygens (including phenoxy) is 2. The highest BCUT2D eigenvalue weighted by molar-refractivity contribution is 5.83. The third kappa shape index (κ3) is 6.10. The number of fused-ring (bicyclic) bond motifs is 1. The first-order valence-electron chi connectivity index (χ1n) is 13.7. The number of imidazole rings is 1. The van der Waals surface area contributed by atoms with Gasteiger partial charge in [0.2, 0.25) is 0 Å². The highest BCUT2D eigenvalue weighted by atomic mass is 16.5. The normalized spacial score (nSPS) is 11.3. The number of hydrogen-bond donors (Lipinski definition) is 1. The highest BCUT2D eigenvalue weighted by Gasteiger charge is 2.09. The van der Waals surface area contributed by atoms with Crippen molar-refractivity contribution >= 4 is 10.9 Å². The zero-order valence-electron chi connectivity index (χ0n) is 22.9. The minimum Gasteiger partial charge on any atom is -0.492 e. The van der Waals surface area contributed by atoms with Crippen molar-refractivity contribution in [2.75, 3.05) is 26.7 Å². The first kappa shape index (κ1) is 26.2. The van der Waals surface area contributed by atoms with E-state index in [0.717, 1.165) is 42.4 Å². The van der Waals surface area contributed by atoms with Gasteiger partial charge in [-0.15, -0.1) is 0 Å².